The number of nitriles is 1. The zero-order chi connectivity index (χ0) is 11.4. The summed E-state index contributed by atoms with van der Waals surface area (Å²) in [5.74, 6) is 3.19. The van der Waals surface area contributed by atoms with Gasteiger partial charge in [0.1, 0.15) is 11.9 Å². The first-order valence-corrected chi connectivity index (χ1v) is 6.46. The van der Waals surface area contributed by atoms with Crippen LogP contribution < -0.4 is 10.6 Å². The number of rotatable bonds is 1. The van der Waals surface area contributed by atoms with Crippen molar-refractivity contribution in [1.82, 2.24) is 4.98 Å². The third-order valence-corrected chi connectivity index (χ3v) is 3.61. The molecule has 84 valence electrons. The molecule has 16 heavy (non-hydrogen) atoms. The topological polar surface area (TPSA) is 65.9 Å². The van der Waals surface area contributed by atoms with Gasteiger partial charge < -0.3 is 10.6 Å². The summed E-state index contributed by atoms with van der Waals surface area (Å²) in [5, 5.41) is 8.88. The fraction of sp³-hybridized carbons (Fsp3) is 0.455. The summed E-state index contributed by atoms with van der Waals surface area (Å²) in [6.07, 6.45) is 1.17. The van der Waals surface area contributed by atoms with Crippen molar-refractivity contribution in [3.8, 4) is 6.07 Å². The minimum Gasteiger partial charge on any atom is -0.396 e. The second-order valence-electron chi connectivity index (χ2n) is 3.67. The van der Waals surface area contributed by atoms with Crippen LogP contribution in [0, 0.1) is 11.3 Å². The van der Waals surface area contributed by atoms with Gasteiger partial charge in [0.2, 0.25) is 0 Å². The highest BCUT2D eigenvalue weighted by molar-refractivity contribution is 7.99. The van der Waals surface area contributed by atoms with Gasteiger partial charge in [0.05, 0.1) is 5.69 Å². The first-order valence-electron chi connectivity index (χ1n) is 5.30. The number of thioether (sulfide) groups is 1. The molecule has 0 spiro atoms. The molecular weight excluding hydrogens is 220 g/mol. The highest BCUT2D eigenvalue weighted by Crippen LogP contribution is 2.19. The standard InChI is InChI=1S/C11H14N4S/c12-8-10-9(13)2-3-11(14-10)15-4-1-6-16-7-5-15/h2-3H,1,4-7,13H2. The van der Waals surface area contributed by atoms with Crippen LogP contribution >= 0.6 is 11.8 Å². The van der Waals surface area contributed by atoms with E-state index in [1.54, 1.807) is 6.07 Å². The highest BCUT2D eigenvalue weighted by atomic mass is 32.2. The molecule has 0 unspecified atom stereocenters. The van der Waals surface area contributed by atoms with Crippen molar-refractivity contribution in [3.05, 3.63) is 17.8 Å². The van der Waals surface area contributed by atoms with Crippen LogP contribution in [-0.4, -0.2) is 29.6 Å². The molecule has 2 heterocycles. The number of nitrogens with two attached hydrogens (primary N) is 1. The molecule has 0 aromatic carbocycles. The first kappa shape index (κ1) is 11.1. The monoisotopic (exact) mass is 234 g/mol. The molecule has 0 aliphatic carbocycles. The van der Waals surface area contributed by atoms with Gasteiger partial charge in [0.25, 0.3) is 0 Å². The van der Waals surface area contributed by atoms with Gasteiger partial charge in [-0.15, -0.1) is 0 Å². The molecule has 0 amide bonds. The molecule has 2 rings (SSSR count). The van der Waals surface area contributed by atoms with Crippen molar-refractivity contribution in [2.24, 2.45) is 0 Å². The molecule has 1 aromatic rings. The average Bonchev–Trinajstić information content (AvgIpc) is 2.58. The van der Waals surface area contributed by atoms with Crippen molar-refractivity contribution in [2.75, 3.05) is 35.2 Å². The highest BCUT2D eigenvalue weighted by Gasteiger charge is 2.12. The van der Waals surface area contributed by atoms with Crippen LogP contribution in [0.4, 0.5) is 11.5 Å². The number of nitrogens with zero attached hydrogens (tertiary/aromatic N) is 3. The van der Waals surface area contributed by atoms with Crippen LogP contribution in [0.15, 0.2) is 12.1 Å². The lowest BCUT2D eigenvalue weighted by Gasteiger charge is -2.21. The number of aromatic nitrogens is 1. The van der Waals surface area contributed by atoms with Crippen LogP contribution in [0.25, 0.3) is 0 Å². The largest absolute Gasteiger partial charge is 0.396 e. The molecule has 1 aromatic heterocycles. The van der Waals surface area contributed by atoms with E-state index in [0.29, 0.717) is 11.4 Å². The lowest BCUT2D eigenvalue weighted by atomic mass is 10.3. The van der Waals surface area contributed by atoms with Gasteiger partial charge in [-0.1, -0.05) is 0 Å². The van der Waals surface area contributed by atoms with Crippen LogP contribution in [0.5, 0.6) is 0 Å². The van der Waals surface area contributed by atoms with Crippen LogP contribution in [0.1, 0.15) is 12.1 Å². The molecule has 4 nitrogen and oxygen atoms in total. The summed E-state index contributed by atoms with van der Waals surface area (Å²) >= 11 is 1.97. The maximum atomic E-state index is 8.88. The normalized spacial score (nSPS) is 16.6. The Balaban J connectivity index is 2.22. The predicted molar refractivity (Wildman–Crippen MR) is 67.5 cm³/mol. The quantitative estimate of drug-likeness (QED) is 0.797. The van der Waals surface area contributed by atoms with Crippen molar-refractivity contribution in [2.45, 2.75) is 6.42 Å². The van der Waals surface area contributed by atoms with E-state index >= 15 is 0 Å². The van der Waals surface area contributed by atoms with Gasteiger partial charge in [-0.2, -0.15) is 17.0 Å². The Hall–Kier alpha value is -1.41. The molecule has 1 fully saturated rings. The maximum Gasteiger partial charge on any atom is 0.165 e. The second kappa shape index (κ2) is 5.08. The van der Waals surface area contributed by atoms with Crippen molar-refractivity contribution >= 4 is 23.3 Å². The molecular formula is C11H14N4S. The number of anilines is 2. The fourth-order valence-corrected chi connectivity index (χ4v) is 2.59. The second-order valence-corrected chi connectivity index (χ2v) is 4.90. The average molecular weight is 234 g/mol. The Morgan fingerprint density at radius 1 is 1.38 bits per heavy atom. The van der Waals surface area contributed by atoms with Gasteiger partial charge in [-0.25, -0.2) is 4.98 Å². The van der Waals surface area contributed by atoms with E-state index in [1.807, 2.05) is 23.9 Å². The Labute approximate surface area is 99.5 Å². The molecule has 0 radical (unpaired) electrons. The minimum absolute atomic E-state index is 0.328. The van der Waals surface area contributed by atoms with E-state index in [0.717, 1.165) is 24.7 Å². The Morgan fingerprint density at radius 2 is 2.25 bits per heavy atom. The van der Waals surface area contributed by atoms with Crippen LogP contribution in [0.3, 0.4) is 0 Å². The van der Waals surface area contributed by atoms with Gasteiger partial charge in [-0.3, -0.25) is 0 Å². The summed E-state index contributed by atoms with van der Waals surface area (Å²) in [4.78, 5) is 6.51. The molecule has 1 saturated heterocycles. The number of hydrogen-bond donors (Lipinski definition) is 1. The SMILES string of the molecule is N#Cc1nc(N2CCCSCC2)ccc1N. The number of hydrogen-bond acceptors (Lipinski definition) is 5. The van der Waals surface area contributed by atoms with E-state index in [1.165, 1.54) is 12.2 Å². The minimum atomic E-state index is 0.328. The van der Waals surface area contributed by atoms with E-state index in [-0.39, 0.29) is 0 Å². The first-order chi connectivity index (χ1) is 7.81. The fourth-order valence-electron chi connectivity index (χ4n) is 1.70. The van der Waals surface area contributed by atoms with Gasteiger partial charge in [-0.05, 0) is 24.3 Å². The molecule has 1 aliphatic rings. The lowest BCUT2D eigenvalue weighted by molar-refractivity contribution is 0.801. The predicted octanol–water partition coefficient (Wildman–Crippen LogP) is 1.48. The molecule has 1 aliphatic heterocycles. The summed E-state index contributed by atoms with van der Waals surface area (Å²) in [6.45, 7) is 2.00. The summed E-state index contributed by atoms with van der Waals surface area (Å²) in [7, 11) is 0. The third kappa shape index (κ3) is 2.39. The number of pyridine rings is 1. The van der Waals surface area contributed by atoms with E-state index in [4.69, 9.17) is 11.0 Å². The zero-order valence-corrected chi connectivity index (χ0v) is 9.83. The maximum absolute atomic E-state index is 8.88. The van der Waals surface area contributed by atoms with Crippen molar-refractivity contribution in [1.29, 1.82) is 5.26 Å². The van der Waals surface area contributed by atoms with Crippen LogP contribution in [0.2, 0.25) is 0 Å². The zero-order valence-electron chi connectivity index (χ0n) is 9.02. The molecule has 0 atom stereocenters. The van der Waals surface area contributed by atoms with Gasteiger partial charge in [0, 0.05) is 18.8 Å². The molecule has 2 N–H and O–H groups in total. The smallest absolute Gasteiger partial charge is 0.165 e. The summed E-state index contributed by atoms with van der Waals surface area (Å²) in [5.41, 5.74) is 6.43. The van der Waals surface area contributed by atoms with E-state index in [9.17, 15) is 0 Å². The van der Waals surface area contributed by atoms with E-state index in [2.05, 4.69) is 9.88 Å². The Kier molecular flexibility index (Phi) is 3.52. The molecule has 0 bridgehead atoms. The third-order valence-electron chi connectivity index (χ3n) is 2.56. The van der Waals surface area contributed by atoms with Crippen molar-refractivity contribution in [3.63, 3.8) is 0 Å². The Bertz CT molecular complexity index is 405. The van der Waals surface area contributed by atoms with E-state index < -0.39 is 0 Å². The van der Waals surface area contributed by atoms with Crippen molar-refractivity contribution < 1.29 is 0 Å². The number of nitrogen functional groups attached to an aromatic ring is 1. The van der Waals surface area contributed by atoms with Gasteiger partial charge >= 0.3 is 0 Å². The Morgan fingerprint density at radius 3 is 3.06 bits per heavy atom. The summed E-state index contributed by atoms with van der Waals surface area (Å²) in [6, 6.07) is 5.68. The van der Waals surface area contributed by atoms with Crippen LogP contribution in [-0.2, 0) is 0 Å². The van der Waals surface area contributed by atoms with Gasteiger partial charge in [0.15, 0.2) is 5.69 Å². The lowest BCUT2D eigenvalue weighted by Crippen LogP contribution is -2.26. The molecule has 0 saturated carbocycles. The molecule has 5 heteroatoms. The summed E-state index contributed by atoms with van der Waals surface area (Å²) < 4.78 is 0.